The molecule has 0 spiro atoms. The van der Waals surface area contributed by atoms with Gasteiger partial charge in [-0.25, -0.2) is 4.79 Å². The van der Waals surface area contributed by atoms with Gasteiger partial charge < -0.3 is 10.4 Å². The molecule has 0 bridgehead atoms. The zero-order valence-electron chi connectivity index (χ0n) is 9.93. The van der Waals surface area contributed by atoms with E-state index >= 15 is 0 Å². The van der Waals surface area contributed by atoms with Gasteiger partial charge in [0.1, 0.15) is 0 Å². The summed E-state index contributed by atoms with van der Waals surface area (Å²) in [6.07, 6.45) is 2.64. The maximum absolute atomic E-state index is 11.6. The van der Waals surface area contributed by atoms with Crippen LogP contribution in [0.1, 0.15) is 18.0 Å². The number of hydrogen-bond donors (Lipinski definition) is 2. The first-order valence-electron chi connectivity index (χ1n) is 5.70. The number of hydrogen-bond acceptors (Lipinski definition) is 3. The fraction of sp³-hybridized carbons (Fsp3) is 0.231. The van der Waals surface area contributed by atoms with Gasteiger partial charge in [-0.05, 0) is 30.2 Å². The van der Waals surface area contributed by atoms with Gasteiger partial charge in [0, 0.05) is 27.8 Å². The molecule has 6 heteroatoms. The first-order chi connectivity index (χ1) is 9.06. The number of halogens is 1. The SMILES string of the molecule is O=C(O)/C=C/C(=O)NC1CCSc2ccc(Cl)cc21. The van der Waals surface area contributed by atoms with Crippen molar-refractivity contribution in [3.05, 3.63) is 40.9 Å². The fourth-order valence-electron chi connectivity index (χ4n) is 1.88. The number of benzene rings is 1. The van der Waals surface area contributed by atoms with Crippen LogP contribution in [0.5, 0.6) is 0 Å². The molecular formula is C13H12ClNO3S. The van der Waals surface area contributed by atoms with Crippen LogP contribution in [0.15, 0.2) is 35.2 Å². The summed E-state index contributed by atoms with van der Waals surface area (Å²) in [5, 5.41) is 11.9. The molecule has 2 rings (SSSR count). The summed E-state index contributed by atoms with van der Waals surface area (Å²) in [6, 6.07) is 5.48. The van der Waals surface area contributed by atoms with Crippen LogP contribution >= 0.6 is 23.4 Å². The highest BCUT2D eigenvalue weighted by atomic mass is 35.5. The first-order valence-corrected chi connectivity index (χ1v) is 7.06. The lowest BCUT2D eigenvalue weighted by atomic mass is 10.0. The Kier molecular flexibility index (Phi) is 4.50. The molecule has 1 aromatic rings. The number of carboxylic acids is 1. The normalized spacial score (nSPS) is 18.1. The maximum Gasteiger partial charge on any atom is 0.328 e. The summed E-state index contributed by atoms with van der Waals surface area (Å²) in [7, 11) is 0. The van der Waals surface area contributed by atoms with E-state index in [-0.39, 0.29) is 6.04 Å². The molecule has 2 N–H and O–H groups in total. The Bertz CT molecular complexity index is 545. The fourth-order valence-corrected chi connectivity index (χ4v) is 3.17. The van der Waals surface area contributed by atoms with E-state index in [1.54, 1.807) is 11.8 Å². The summed E-state index contributed by atoms with van der Waals surface area (Å²) in [5.41, 5.74) is 0.987. The molecule has 0 aliphatic carbocycles. The predicted molar refractivity (Wildman–Crippen MR) is 74.5 cm³/mol. The second-order valence-corrected chi connectivity index (χ2v) is 5.63. The molecule has 1 atom stereocenters. The average molecular weight is 298 g/mol. The van der Waals surface area contributed by atoms with E-state index in [9.17, 15) is 9.59 Å². The summed E-state index contributed by atoms with van der Waals surface area (Å²) in [4.78, 5) is 23.1. The Hall–Kier alpha value is -1.46. The van der Waals surface area contributed by atoms with E-state index in [0.717, 1.165) is 34.8 Å². The van der Waals surface area contributed by atoms with Crippen LogP contribution in [-0.2, 0) is 9.59 Å². The van der Waals surface area contributed by atoms with Crippen molar-refractivity contribution in [2.24, 2.45) is 0 Å². The molecule has 1 aliphatic rings. The Balaban J connectivity index is 2.13. The van der Waals surface area contributed by atoms with E-state index < -0.39 is 11.9 Å². The van der Waals surface area contributed by atoms with Gasteiger partial charge in [-0.1, -0.05) is 11.6 Å². The minimum absolute atomic E-state index is 0.124. The molecule has 1 unspecified atom stereocenters. The molecule has 1 aromatic carbocycles. The van der Waals surface area contributed by atoms with Crippen LogP contribution in [0.25, 0.3) is 0 Å². The van der Waals surface area contributed by atoms with Gasteiger partial charge >= 0.3 is 5.97 Å². The van der Waals surface area contributed by atoms with Gasteiger partial charge in [0.05, 0.1) is 6.04 Å². The van der Waals surface area contributed by atoms with Crippen molar-refractivity contribution in [2.75, 3.05) is 5.75 Å². The van der Waals surface area contributed by atoms with Crippen molar-refractivity contribution in [2.45, 2.75) is 17.4 Å². The van der Waals surface area contributed by atoms with Crippen molar-refractivity contribution in [3.8, 4) is 0 Å². The molecule has 0 saturated carbocycles. The Morgan fingerprint density at radius 3 is 2.95 bits per heavy atom. The van der Waals surface area contributed by atoms with Gasteiger partial charge in [0.25, 0.3) is 0 Å². The Labute approximate surface area is 119 Å². The standard InChI is InChI=1S/C13H12ClNO3S/c14-8-1-2-11-9(7-8)10(5-6-19-11)15-12(16)3-4-13(17)18/h1-4,7,10H,5-6H2,(H,15,16)(H,17,18)/b4-3+. The lowest BCUT2D eigenvalue weighted by molar-refractivity contribution is -0.131. The molecule has 0 fully saturated rings. The lowest BCUT2D eigenvalue weighted by Crippen LogP contribution is -2.29. The summed E-state index contributed by atoms with van der Waals surface area (Å²) in [6.45, 7) is 0. The topological polar surface area (TPSA) is 66.4 Å². The van der Waals surface area contributed by atoms with Crippen molar-refractivity contribution in [1.29, 1.82) is 0 Å². The second kappa shape index (κ2) is 6.12. The third-order valence-corrected chi connectivity index (χ3v) is 4.06. The first kappa shape index (κ1) is 14.0. The van der Waals surface area contributed by atoms with E-state index in [4.69, 9.17) is 16.7 Å². The number of fused-ring (bicyclic) bond motifs is 1. The number of carbonyl (C=O) groups is 2. The molecule has 100 valence electrons. The predicted octanol–water partition coefficient (Wildman–Crippen LogP) is 2.63. The Morgan fingerprint density at radius 2 is 2.21 bits per heavy atom. The van der Waals surface area contributed by atoms with Gasteiger partial charge in [-0.2, -0.15) is 0 Å². The number of carboxylic acid groups (broad SMARTS) is 1. The molecule has 1 amide bonds. The Morgan fingerprint density at radius 1 is 1.42 bits per heavy atom. The van der Waals surface area contributed by atoms with Crippen molar-refractivity contribution in [3.63, 3.8) is 0 Å². The van der Waals surface area contributed by atoms with Crippen LogP contribution in [0.3, 0.4) is 0 Å². The van der Waals surface area contributed by atoms with Crippen LogP contribution in [-0.4, -0.2) is 22.7 Å². The highest BCUT2D eigenvalue weighted by Gasteiger charge is 2.21. The van der Waals surface area contributed by atoms with Gasteiger partial charge in [-0.3, -0.25) is 4.79 Å². The lowest BCUT2D eigenvalue weighted by Gasteiger charge is -2.25. The van der Waals surface area contributed by atoms with Gasteiger partial charge in [-0.15, -0.1) is 11.8 Å². The quantitative estimate of drug-likeness (QED) is 0.842. The number of carbonyl (C=O) groups excluding carboxylic acids is 1. The van der Waals surface area contributed by atoms with Crippen LogP contribution in [0, 0.1) is 0 Å². The van der Waals surface area contributed by atoms with E-state index in [1.807, 2.05) is 18.2 Å². The zero-order valence-corrected chi connectivity index (χ0v) is 11.5. The zero-order chi connectivity index (χ0) is 13.8. The molecule has 0 radical (unpaired) electrons. The number of thioether (sulfide) groups is 1. The van der Waals surface area contributed by atoms with Gasteiger partial charge in [0.2, 0.25) is 5.91 Å². The van der Waals surface area contributed by atoms with Crippen LogP contribution < -0.4 is 5.32 Å². The number of amides is 1. The minimum Gasteiger partial charge on any atom is -0.478 e. The number of rotatable bonds is 3. The third kappa shape index (κ3) is 3.75. The maximum atomic E-state index is 11.6. The third-order valence-electron chi connectivity index (χ3n) is 2.71. The molecule has 0 saturated heterocycles. The van der Waals surface area contributed by atoms with Crippen molar-refractivity contribution in [1.82, 2.24) is 5.32 Å². The van der Waals surface area contributed by atoms with Crippen molar-refractivity contribution >= 4 is 35.2 Å². The largest absolute Gasteiger partial charge is 0.478 e. The molecule has 1 aliphatic heterocycles. The van der Waals surface area contributed by atoms with Crippen LogP contribution in [0.4, 0.5) is 0 Å². The number of aliphatic carboxylic acids is 1. The monoisotopic (exact) mass is 297 g/mol. The molecule has 19 heavy (non-hydrogen) atoms. The number of nitrogens with one attached hydrogen (secondary N) is 1. The smallest absolute Gasteiger partial charge is 0.328 e. The highest BCUT2D eigenvalue weighted by Crippen LogP contribution is 2.37. The minimum atomic E-state index is -1.14. The van der Waals surface area contributed by atoms with Crippen molar-refractivity contribution < 1.29 is 14.7 Å². The molecular weight excluding hydrogens is 286 g/mol. The average Bonchev–Trinajstić information content (AvgIpc) is 2.37. The van der Waals surface area contributed by atoms with Crippen LogP contribution in [0.2, 0.25) is 5.02 Å². The van der Waals surface area contributed by atoms with E-state index in [0.29, 0.717) is 5.02 Å². The molecule has 1 heterocycles. The van der Waals surface area contributed by atoms with E-state index in [2.05, 4.69) is 5.32 Å². The summed E-state index contributed by atoms with van der Waals surface area (Å²) in [5.74, 6) is -0.648. The second-order valence-electron chi connectivity index (χ2n) is 4.05. The highest BCUT2D eigenvalue weighted by molar-refractivity contribution is 7.99. The molecule has 0 aromatic heterocycles. The molecule has 4 nitrogen and oxygen atoms in total. The van der Waals surface area contributed by atoms with E-state index in [1.165, 1.54) is 0 Å². The summed E-state index contributed by atoms with van der Waals surface area (Å²) >= 11 is 7.69. The van der Waals surface area contributed by atoms with Gasteiger partial charge in [0.15, 0.2) is 0 Å². The summed E-state index contributed by atoms with van der Waals surface area (Å²) < 4.78 is 0.